The Kier molecular flexibility index (Phi) is 5.49. The standard InChI is InChI=1S/C16H21ClN2O4/c1-4-7-22-15(21)18-12-6-5-11(13(17)8-12)9-19-14(20)16(2,3)10-23-19/h5-6,8H,4,7,9-10H2,1-3H3,(H,18,21). The van der Waals surface area contributed by atoms with E-state index in [1.54, 1.807) is 18.2 Å². The maximum atomic E-state index is 12.1. The molecule has 0 saturated carbocycles. The Balaban J connectivity index is 2.00. The molecule has 126 valence electrons. The summed E-state index contributed by atoms with van der Waals surface area (Å²) in [6.45, 7) is 6.58. The number of carbonyl (C=O) groups is 2. The number of anilines is 1. The second-order valence-corrected chi connectivity index (χ2v) is 6.47. The van der Waals surface area contributed by atoms with Gasteiger partial charge in [0.2, 0.25) is 0 Å². The molecule has 1 N–H and O–H groups in total. The van der Waals surface area contributed by atoms with E-state index >= 15 is 0 Å². The minimum Gasteiger partial charge on any atom is -0.449 e. The van der Waals surface area contributed by atoms with Crippen molar-refractivity contribution in [2.24, 2.45) is 5.41 Å². The molecule has 0 aliphatic carbocycles. The van der Waals surface area contributed by atoms with Gasteiger partial charge in [-0.2, -0.15) is 0 Å². The normalized spacial score (nSPS) is 16.5. The van der Waals surface area contributed by atoms with Gasteiger partial charge in [-0.3, -0.25) is 14.9 Å². The van der Waals surface area contributed by atoms with Gasteiger partial charge < -0.3 is 4.74 Å². The predicted molar refractivity (Wildman–Crippen MR) is 87.0 cm³/mol. The minimum atomic E-state index is -0.518. The van der Waals surface area contributed by atoms with Crippen LogP contribution in [0.2, 0.25) is 5.02 Å². The summed E-state index contributed by atoms with van der Waals surface area (Å²) in [7, 11) is 0. The summed E-state index contributed by atoms with van der Waals surface area (Å²) in [6.07, 6.45) is 0.239. The zero-order valence-corrected chi connectivity index (χ0v) is 14.3. The molecule has 1 aromatic rings. The van der Waals surface area contributed by atoms with Crippen molar-refractivity contribution in [3.8, 4) is 0 Å². The molecule has 1 aromatic carbocycles. The van der Waals surface area contributed by atoms with Crippen LogP contribution in [0.15, 0.2) is 18.2 Å². The number of benzene rings is 1. The Morgan fingerprint density at radius 1 is 1.48 bits per heavy atom. The predicted octanol–water partition coefficient (Wildman–Crippen LogP) is 3.60. The molecule has 2 amide bonds. The van der Waals surface area contributed by atoms with Crippen LogP contribution < -0.4 is 5.32 Å². The van der Waals surface area contributed by atoms with Gasteiger partial charge in [-0.1, -0.05) is 24.6 Å². The molecule has 0 bridgehead atoms. The molecule has 1 aliphatic heterocycles. The number of rotatable bonds is 5. The summed E-state index contributed by atoms with van der Waals surface area (Å²) in [5.41, 5.74) is 0.760. The van der Waals surface area contributed by atoms with Crippen LogP contribution in [-0.2, 0) is 20.9 Å². The highest BCUT2D eigenvalue weighted by atomic mass is 35.5. The zero-order chi connectivity index (χ0) is 17.0. The third-order valence-electron chi connectivity index (χ3n) is 3.44. The van der Waals surface area contributed by atoms with Gasteiger partial charge in [0.15, 0.2) is 0 Å². The van der Waals surface area contributed by atoms with E-state index in [0.717, 1.165) is 12.0 Å². The quantitative estimate of drug-likeness (QED) is 0.889. The molecule has 0 atom stereocenters. The second kappa shape index (κ2) is 7.19. The average Bonchev–Trinajstić information content (AvgIpc) is 2.74. The number of amides is 2. The van der Waals surface area contributed by atoms with Gasteiger partial charge in [0.05, 0.1) is 25.2 Å². The lowest BCUT2D eigenvalue weighted by Gasteiger charge is -2.17. The molecule has 1 aliphatic rings. The highest BCUT2D eigenvalue weighted by molar-refractivity contribution is 6.31. The van der Waals surface area contributed by atoms with Crippen molar-refractivity contribution < 1.29 is 19.2 Å². The topological polar surface area (TPSA) is 67.9 Å². The molecule has 0 aromatic heterocycles. The molecule has 0 spiro atoms. The fraction of sp³-hybridized carbons (Fsp3) is 0.500. The van der Waals surface area contributed by atoms with Crippen LogP contribution in [0, 0.1) is 5.41 Å². The molecule has 7 heteroatoms. The summed E-state index contributed by atoms with van der Waals surface area (Å²) in [6, 6.07) is 5.08. The summed E-state index contributed by atoms with van der Waals surface area (Å²) < 4.78 is 4.94. The number of nitrogens with zero attached hydrogens (tertiary/aromatic N) is 1. The highest BCUT2D eigenvalue weighted by Crippen LogP contribution is 2.30. The molecule has 0 unspecified atom stereocenters. The molecule has 23 heavy (non-hydrogen) atoms. The number of ether oxygens (including phenoxy) is 1. The van der Waals surface area contributed by atoms with Gasteiger partial charge in [-0.05, 0) is 38.0 Å². The van der Waals surface area contributed by atoms with Gasteiger partial charge in [0, 0.05) is 10.7 Å². The number of halogens is 1. The van der Waals surface area contributed by atoms with E-state index in [0.29, 0.717) is 23.9 Å². The Morgan fingerprint density at radius 3 is 2.78 bits per heavy atom. The number of hydroxylamine groups is 2. The van der Waals surface area contributed by atoms with Crippen LogP contribution in [0.4, 0.5) is 10.5 Å². The van der Waals surface area contributed by atoms with Crippen LogP contribution in [-0.4, -0.2) is 30.3 Å². The van der Waals surface area contributed by atoms with Gasteiger partial charge in [-0.25, -0.2) is 9.86 Å². The lowest BCUT2D eigenvalue weighted by atomic mass is 9.95. The van der Waals surface area contributed by atoms with Gasteiger partial charge in [-0.15, -0.1) is 0 Å². The number of hydrogen-bond donors (Lipinski definition) is 1. The lowest BCUT2D eigenvalue weighted by molar-refractivity contribution is -0.165. The average molecular weight is 341 g/mol. The molecule has 0 radical (unpaired) electrons. The van der Waals surface area contributed by atoms with Crippen LogP contribution >= 0.6 is 11.6 Å². The van der Waals surface area contributed by atoms with Crippen molar-refractivity contribution in [3.63, 3.8) is 0 Å². The summed E-state index contributed by atoms with van der Waals surface area (Å²) in [5, 5.41) is 4.37. The van der Waals surface area contributed by atoms with Crippen LogP contribution in [0.3, 0.4) is 0 Å². The lowest BCUT2D eigenvalue weighted by Crippen LogP contribution is -2.30. The zero-order valence-electron chi connectivity index (χ0n) is 13.5. The fourth-order valence-electron chi connectivity index (χ4n) is 2.07. The molecule has 1 fully saturated rings. The number of carbonyl (C=O) groups excluding carboxylic acids is 2. The third kappa shape index (κ3) is 4.36. The first-order chi connectivity index (χ1) is 10.8. The molecule has 2 rings (SSSR count). The van der Waals surface area contributed by atoms with E-state index in [2.05, 4.69) is 5.32 Å². The van der Waals surface area contributed by atoms with Crippen LogP contribution in [0.25, 0.3) is 0 Å². The Labute approximate surface area is 140 Å². The minimum absolute atomic E-state index is 0.0705. The van der Waals surface area contributed by atoms with Crippen molar-refractivity contribution in [3.05, 3.63) is 28.8 Å². The molecular weight excluding hydrogens is 320 g/mol. The summed E-state index contributed by atoms with van der Waals surface area (Å²) in [4.78, 5) is 29.1. The van der Waals surface area contributed by atoms with Gasteiger partial charge >= 0.3 is 6.09 Å². The number of nitrogens with one attached hydrogen (secondary N) is 1. The van der Waals surface area contributed by atoms with Crippen molar-refractivity contribution in [1.29, 1.82) is 0 Å². The Hall–Kier alpha value is -1.79. The molecular formula is C16H21ClN2O4. The third-order valence-corrected chi connectivity index (χ3v) is 3.79. The van der Waals surface area contributed by atoms with E-state index in [9.17, 15) is 9.59 Å². The fourth-order valence-corrected chi connectivity index (χ4v) is 2.31. The van der Waals surface area contributed by atoms with E-state index in [1.165, 1.54) is 5.06 Å². The van der Waals surface area contributed by atoms with Crippen LogP contribution in [0.5, 0.6) is 0 Å². The smallest absolute Gasteiger partial charge is 0.411 e. The first-order valence-electron chi connectivity index (χ1n) is 7.50. The molecule has 1 saturated heterocycles. The Morgan fingerprint density at radius 2 is 2.22 bits per heavy atom. The van der Waals surface area contributed by atoms with Crippen molar-refractivity contribution in [1.82, 2.24) is 5.06 Å². The highest BCUT2D eigenvalue weighted by Gasteiger charge is 2.40. The van der Waals surface area contributed by atoms with Gasteiger partial charge in [0.25, 0.3) is 5.91 Å². The maximum Gasteiger partial charge on any atom is 0.411 e. The van der Waals surface area contributed by atoms with Crippen LogP contribution in [0.1, 0.15) is 32.8 Å². The first kappa shape index (κ1) is 17.6. The van der Waals surface area contributed by atoms with Crippen molar-refractivity contribution in [2.75, 3.05) is 18.5 Å². The summed E-state index contributed by atoms with van der Waals surface area (Å²) >= 11 is 6.23. The monoisotopic (exact) mass is 340 g/mol. The Bertz CT molecular complexity index is 604. The van der Waals surface area contributed by atoms with E-state index in [1.807, 2.05) is 20.8 Å². The maximum absolute atomic E-state index is 12.1. The van der Waals surface area contributed by atoms with E-state index in [-0.39, 0.29) is 12.5 Å². The van der Waals surface area contributed by atoms with Crippen molar-refractivity contribution in [2.45, 2.75) is 33.7 Å². The van der Waals surface area contributed by atoms with Gasteiger partial charge in [0.1, 0.15) is 0 Å². The summed E-state index contributed by atoms with van der Waals surface area (Å²) in [5.74, 6) is -0.0705. The number of hydrogen-bond acceptors (Lipinski definition) is 4. The van der Waals surface area contributed by atoms with Crippen molar-refractivity contribution >= 4 is 29.3 Å². The van der Waals surface area contributed by atoms with E-state index in [4.69, 9.17) is 21.2 Å². The first-order valence-corrected chi connectivity index (χ1v) is 7.88. The SMILES string of the molecule is CCCOC(=O)Nc1ccc(CN2OCC(C)(C)C2=O)c(Cl)c1. The largest absolute Gasteiger partial charge is 0.449 e. The second-order valence-electron chi connectivity index (χ2n) is 6.07. The van der Waals surface area contributed by atoms with E-state index < -0.39 is 11.5 Å². The molecule has 1 heterocycles. The molecule has 6 nitrogen and oxygen atoms in total.